The lowest BCUT2D eigenvalue weighted by Gasteiger charge is -2.15. The maximum Gasteiger partial charge on any atom is 0.0588 e. The highest BCUT2D eigenvalue weighted by atomic mass is 35.5. The Labute approximate surface area is 105 Å². The predicted octanol–water partition coefficient (Wildman–Crippen LogP) is 5.28. The van der Waals surface area contributed by atoms with Gasteiger partial charge in [-0.05, 0) is 36.0 Å². The molecule has 0 heterocycles. The van der Waals surface area contributed by atoms with Gasteiger partial charge in [0.15, 0.2) is 0 Å². The second-order valence-electron chi connectivity index (χ2n) is 4.35. The highest BCUT2D eigenvalue weighted by molar-refractivity contribution is 6.20. The fraction of sp³-hybridized carbons (Fsp3) is 0.600. The minimum atomic E-state index is 0.196. The van der Waals surface area contributed by atoms with E-state index in [0.717, 1.165) is 19.3 Å². The van der Waals surface area contributed by atoms with Crippen molar-refractivity contribution in [3.8, 4) is 0 Å². The Bertz CT molecular complexity index is 317. The SMILES string of the molecule is CCCCC(Cl)c1cc(CC)ccc1CC. The average Bonchev–Trinajstić information content (AvgIpc) is 2.35. The molecule has 0 saturated carbocycles. The summed E-state index contributed by atoms with van der Waals surface area (Å²) in [4.78, 5) is 0. The van der Waals surface area contributed by atoms with E-state index < -0.39 is 0 Å². The number of halogens is 1. The van der Waals surface area contributed by atoms with Gasteiger partial charge in [0.05, 0.1) is 5.38 Å². The van der Waals surface area contributed by atoms with E-state index in [1.165, 1.54) is 29.5 Å². The zero-order chi connectivity index (χ0) is 12.0. The number of benzene rings is 1. The summed E-state index contributed by atoms with van der Waals surface area (Å²) < 4.78 is 0. The predicted molar refractivity (Wildman–Crippen MR) is 73.3 cm³/mol. The molecule has 0 bridgehead atoms. The number of unbranched alkanes of at least 4 members (excludes halogenated alkanes) is 1. The first-order chi connectivity index (χ1) is 7.72. The van der Waals surface area contributed by atoms with Crippen molar-refractivity contribution in [2.45, 2.75) is 58.3 Å². The largest absolute Gasteiger partial charge is 0.118 e. The molecule has 1 atom stereocenters. The summed E-state index contributed by atoms with van der Waals surface area (Å²) in [6.07, 6.45) is 5.70. The monoisotopic (exact) mass is 238 g/mol. The minimum absolute atomic E-state index is 0.196. The van der Waals surface area contributed by atoms with Gasteiger partial charge in [-0.15, -0.1) is 11.6 Å². The van der Waals surface area contributed by atoms with Crippen molar-refractivity contribution in [1.82, 2.24) is 0 Å². The fourth-order valence-corrected chi connectivity index (χ4v) is 2.37. The zero-order valence-electron chi connectivity index (χ0n) is 10.7. The van der Waals surface area contributed by atoms with Crippen LogP contribution in [0.15, 0.2) is 18.2 Å². The van der Waals surface area contributed by atoms with E-state index in [2.05, 4.69) is 39.0 Å². The molecule has 16 heavy (non-hydrogen) atoms. The van der Waals surface area contributed by atoms with E-state index in [1.807, 2.05) is 0 Å². The van der Waals surface area contributed by atoms with Gasteiger partial charge in [0.2, 0.25) is 0 Å². The van der Waals surface area contributed by atoms with E-state index in [9.17, 15) is 0 Å². The maximum atomic E-state index is 6.50. The molecule has 1 heteroatoms. The van der Waals surface area contributed by atoms with Gasteiger partial charge in [-0.25, -0.2) is 0 Å². The molecule has 1 unspecified atom stereocenters. The molecule has 0 nitrogen and oxygen atoms in total. The molecule has 0 amide bonds. The van der Waals surface area contributed by atoms with Crippen LogP contribution >= 0.6 is 11.6 Å². The van der Waals surface area contributed by atoms with E-state index in [4.69, 9.17) is 11.6 Å². The van der Waals surface area contributed by atoms with Crippen LogP contribution in [0.2, 0.25) is 0 Å². The molecular weight excluding hydrogens is 216 g/mol. The molecule has 0 aromatic heterocycles. The normalized spacial score (nSPS) is 12.8. The Hall–Kier alpha value is -0.490. The van der Waals surface area contributed by atoms with Crippen LogP contribution in [-0.2, 0) is 12.8 Å². The van der Waals surface area contributed by atoms with Crippen molar-refractivity contribution in [2.75, 3.05) is 0 Å². The molecule has 1 rings (SSSR count). The average molecular weight is 239 g/mol. The van der Waals surface area contributed by atoms with Gasteiger partial charge in [0.1, 0.15) is 0 Å². The Morgan fingerprint density at radius 3 is 2.44 bits per heavy atom. The van der Waals surface area contributed by atoms with Gasteiger partial charge in [0.25, 0.3) is 0 Å². The summed E-state index contributed by atoms with van der Waals surface area (Å²) in [6.45, 7) is 6.61. The van der Waals surface area contributed by atoms with Crippen molar-refractivity contribution >= 4 is 11.6 Å². The molecule has 0 aliphatic carbocycles. The van der Waals surface area contributed by atoms with Gasteiger partial charge >= 0.3 is 0 Å². The summed E-state index contributed by atoms with van der Waals surface area (Å²) >= 11 is 6.50. The molecular formula is C15H23Cl. The Morgan fingerprint density at radius 1 is 1.12 bits per heavy atom. The van der Waals surface area contributed by atoms with Gasteiger partial charge in [-0.3, -0.25) is 0 Å². The summed E-state index contributed by atoms with van der Waals surface area (Å²) in [5.74, 6) is 0. The Kier molecular flexibility index (Phi) is 5.90. The highest BCUT2D eigenvalue weighted by Crippen LogP contribution is 2.30. The van der Waals surface area contributed by atoms with Crippen molar-refractivity contribution in [1.29, 1.82) is 0 Å². The third kappa shape index (κ3) is 3.52. The molecule has 0 fully saturated rings. The minimum Gasteiger partial charge on any atom is -0.118 e. The first kappa shape index (κ1) is 13.6. The second-order valence-corrected chi connectivity index (χ2v) is 4.88. The van der Waals surface area contributed by atoms with E-state index in [0.29, 0.717) is 0 Å². The number of alkyl halides is 1. The van der Waals surface area contributed by atoms with E-state index in [1.54, 1.807) is 0 Å². The summed E-state index contributed by atoms with van der Waals surface area (Å²) in [7, 11) is 0. The smallest absolute Gasteiger partial charge is 0.0588 e. The first-order valence-electron chi connectivity index (χ1n) is 6.48. The van der Waals surface area contributed by atoms with Crippen LogP contribution in [0, 0.1) is 0 Å². The molecule has 0 aliphatic rings. The van der Waals surface area contributed by atoms with Crippen LogP contribution in [0.3, 0.4) is 0 Å². The molecule has 1 aromatic rings. The third-order valence-corrected chi connectivity index (χ3v) is 3.60. The second kappa shape index (κ2) is 6.96. The number of aryl methyl sites for hydroxylation is 2. The summed E-state index contributed by atoms with van der Waals surface area (Å²) in [5, 5.41) is 0.196. The number of hydrogen-bond acceptors (Lipinski definition) is 0. The Balaban J connectivity index is 2.89. The van der Waals surface area contributed by atoms with Gasteiger partial charge < -0.3 is 0 Å². The molecule has 0 spiro atoms. The van der Waals surface area contributed by atoms with Crippen LogP contribution in [0.5, 0.6) is 0 Å². The molecule has 90 valence electrons. The number of rotatable bonds is 6. The van der Waals surface area contributed by atoms with Crippen LogP contribution in [0.1, 0.15) is 62.1 Å². The van der Waals surface area contributed by atoms with Gasteiger partial charge in [0, 0.05) is 0 Å². The van der Waals surface area contributed by atoms with Crippen molar-refractivity contribution in [3.05, 3.63) is 34.9 Å². The standard InChI is InChI=1S/C15H23Cl/c1-4-7-8-15(16)14-11-12(5-2)9-10-13(14)6-3/h9-11,15H,4-8H2,1-3H3. The van der Waals surface area contributed by atoms with Crippen LogP contribution in [0.25, 0.3) is 0 Å². The zero-order valence-corrected chi connectivity index (χ0v) is 11.5. The molecule has 0 aliphatic heterocycles. The van der Waals surface area contributed by atoms with Crippen LogP contribution < -0.4 is 0 Å². The first-order valence-corrected chi connectivity index (χ1v) is 6.92. The third-order valence-electron chi connectivity index (χ3n) is 3.15. The van der Waals surface area contributed by atoms with Crippen LogP contribution in [0.4, 0.5) is 0 Å². The fourth-order valence-electron chi connectivity index (χ4n) is 2.02. The van der Waals surface area contributed by atoms with Gasteiger partial charge in [-0.2, -0.15) is 0 Å². The lowest BCUT2D eigenvalue weighted by atomic mass is 9.96. The van der Waals surface area contributed by atoms with Crippen molar-refractivity contribution < 1.29 is 0 Å². The molecule has 0 radical (unpaired) electrons. The highest BCUT2D eigenvalue weighted by Gasteiger charge is 2.11. The topological polar surface area (TPSA) is 0 Å². The molecule has 0 saturated heterocycles. The molecule has 1 aromatic carbocycles. The maximum absolute atomic E-state index is 6.50. The van der Waals surface area contributed by atoms with Crippen molar-refractivity contribution in [3.63, 3.8) is 0 Å². The van der Waals surface area contributed by atoms with E-state index >= 15 is 0 Å². The quantitative estimate of drug-likeness (QED) is 0.592. The van der Waals surface area contributed by atoms with Gasteiger partial charge in [-0.1, -0.05) is 51.8 Å². The lowest BCUT2D eigenvalue weighted by molar-refractivity contribution is 0.696. The van der Waals surface area contributed by atoms with Crippen LogP contribution in [-0.4, -0.2) is 0 Å². The van der Waals surface area contributed by atoms with Crippen molar-refractivity contribution in [2.24, 2.45) is 0 Å². The summed E-state index contributed by atoms with van der Waals surface area (Å²) in [5.41, 5.74) is 4.17. The summed E-state index contributed by atoms with van der Waals surface area (Å²) in [6, 6.07) is 6.77. The molecule has 0 N–H and O–H groups in total. The number of hydrogen-bond donors (Lipinski definition) is 0. The lowest BCUT2D eigenvalue weighted by Crippen LogP contribution is -1.98. The van der Waals surface area contributed by atoms with E-state index in [-0.39, 0.29) is 5.38 Å². The Morgan fingerprint density at radius 2 is 1.88 bits per heavy atom.